The zero-order chi connectivity index (χ0) is 18.1. The van der Waals surface area contributed by atoms with Crippen molar-refractivity contribution in [3.8, 4) is 16.4 Å². The van der Waals surface area contributed by atoms with Crippen LogP contribution in [-0.4, -0.2) is 52.1 Å². The summed E-state index contributed by atoms with van der Waals surface area (Å²) in [5.74, 6) is -1.12. The summed E-state index contributed by atoms with van der Waals surface area (Å²) >= 11 is 1.10. The highest BCUT2D eigenvalue weighted by molar-refractivity contribution is 7.12. The molecule has 134 valence electrons. The molecule has 4 rings (SSSR count). The van der Waals surface area contributed by atoms with E-state index in [1.54, 1.807) is 0 Å². The fourth-order valence-corrected chi connectivity index (χ4v) is 3.61. The van der Waals surface area contributed by atoms with Crippen LogP contribution in [0.25, 0.3) is 16.4 Å². The van der Waals surface area contributed by atoms with E-state index in [-0.39, 0.29) is 11.3 Å². The van der Waals surface area contributed by atoms with Gasteiger partial charge in [0.1, 0.15) is 0 Å². The van der Waals surface area contributed by atoms with Crippen molar-refractivity contribution in [2.24, 2.45) is 0 Å². The number of thiazole rings is 1. The lowest BCUT2D eigenvalue weighted by Crippen LogP contribution is -2.36. The molecule has 3 aromatic rings. The van der Waals surface area contributed by atoms with Gasteiger partial charge in [0, 0.05) is 35.8 Å². The number of hydrogen-bond acceptors (Lipinski definition) is 6. The van der Waals surface area contributed by atoms with Crippen LogP contribution in [0.15, 0.2) is 40.5 Å². The van der Waals surface area contributed by atoms with Gasteiger partial charge in [-0.1, -0.05) is 12.1 Å². The Morgan fingerprint density at radius 1 is 1.27 bits per heavy atom. The van der Waals surface area contributed by atoms with E-state index < -0.39 is 5.97 Å². The number of benzene rings is 1. The van der Waals surface area contributed by atoms with Gasteiger partial charge < -0.3 is 14.7 Å². The summed E-state index contributed by atoms with van der Waals surface area (Å²) < 4.78 is 6.64. The maximum Gasteiger partial charge on any atom is 0.355 e. The minimum absolute atomic E-state index is 0.0811. The lowest BCUT2D eigenvalue weighted by Gasteiger charge is -2.29. The third-order valence-corrected chi connectivity index (χ3v) is 4.98. The summed E-state index contributed by atoms with van der Waals surface area (Å²) in [7, 11) is 0. The van der Waals surface area contributed by atoms with Crippen LogP contribution in [0.4, 0.5) is 5.69 Å². The van der Waals surface area contributed by atoms with Gasteiger partial charge in [0.05, 0.1) is 18.9 Å². The number of ether oxygens (including phenoxy) is 1. The molecule has 0 saturated carbocycles. The number of nitrogens with one attached hydrogen (secondary N) is 1. The van der Waals surface area contributed by atoms with Crippen molar-refractivity contribution < 1.29 is 14.6 Å². The Morgan fingerprint density at radius 2 is 2.08 bits per heavy atom. The minimum atomic E-state index is -1.12. The highest BCUT2D eigenvalue weighted by Crippen LogP contribution is 2.24. The monoisotopic (exact) mass is 372 g/mol. The molecule has 1 aliphatic heterocycles. The van der Waals surface area contributed by atoms with E-state index in [4.69, 9.17) is 9.84 Å². The smallest absolute Gasteiger partial charge is 0.355 e. The summed E-state index contributed by atoms with van der Waals surface area (Å²) in [6.07, 6.45) is 0. The van der Waals surface area contributed by atoms with E-state index in [0.717, 1.165) is 35.7 Å². The largest absolute Gasteiger partial charge is 0.476 e. The van der Waals surface area contributed by atoms with Crippen molar-refractivity contribution >= 4 is 23.0 Å². The minimum Gasteiger partial charge on any atom is -0.476 e. The normalized spacial score (nSPS) is 14.5. The highest BCUT2D eigenvalue weighted by Gasteiger charge is 2.15. The molecule has 2 aromatic heterocycles. The molecule has 0 spiro atoms. The number of hydrogen-bond donors (Lipinski definition) is 2. The lowest BCUT2D eigenvalue weighted by atomic mass is 10.1. The van der Waals surface area contributed by atoms with Gasteiger partial charge in [-0.05, 0) is 12.1 Å². The molecule has 1 aromatic carbocycles. The van der Waals surface area contributed by atoms with E-state index in [0.29, 0.717) is 24.0 Å². The van der Waals surface area contributed by atoms with Gasteiger partial charge in [-0.25, -0.2) is 9.78 Å². The maximum atomic E-state index is 12.3. The maximum absolute atomic E-state index is 12.3. The molecule has 9 heteroatoms. The lowest BCUT2D eigenvalue weighted by molar-refractivity contribution is 0.0691. The van der Waals surface area contributed by atoms with E-state index in [2.05, 4.69) is 15.0 Å². The van der Waals surface area contributed by atoms with Crippen LogP contribution in [-0.2, 0) is 4.74 Å². The Morgan fingerprint density at radius 3 is 2.81 bits per heavy atom. The molecule has 0 unspecified atom stereocenters. The molecule has 1 aliphatic rings. The SMILES string of the molecule is O=C(O)c1csc(-n2[nH]c(-c3cccc(N4CCOCC4)c3)cc2=O)n1. The van der Waals surface area contributed by atoms with Gasteiger partial charge in [0.25, 0.3) is 5.56 Å². The second kappa shape index (κ2) is 6.77. The van der Waals surface area contributed by atoms with Crippen molar-refractivity contribution in [2.75, 3.05) is 31.2 Å². The van der Waals surface area contributed by atoms with Crippen LogP contribution in [0.5, 0.6) is 0 Å². The molecule has 0 amide bonds. The molecule has 2 N–H and O–H groups in total. The first-order chi connectivity index (χ1) is 12.6. The molecule has 3 heterocycles. The topological polar surface area (TPSA) is 100 Å². The van der Waals surface area contributed by atoms with E-state index in [1.807, 2.05) is 24.3 Å². The van der Waals surface area contributed by atoms with Crippen LogP contribution in [0.1, 0.15) is 10.5 Å². The fraction of sp³-hybridized carbons (Fsp3) is 0.235. The van der Waals surface area contributed by atoms with E-state index >= 15 is 0 Å². The Hall–Kier alpha value is -2.91. The van der Waals surface area contributed by atoms with Crippen LogP contribution in [0, 0.1) is 0 Å². The number of anilines is 1. The number of aromatic nitrogens is 3. The van der Waals surface area contributed by atoms with Crippen molar-refractivity contribution in [1.82, 2.24) is 14.8 Å². The number of aromatic carboxylic acids is 1. The summed E-state index contributed by atoms with van der Waals surface area (Å²) in [5, 5.41) is 13.7. The molecule has 1 saturated heterocycles. The first-order valence-corrected chi connectivity index (χ1v) is 8.94. The number of carbonyl (C=O) groups is 1. The fourth-order valence-electron chi connectivity index (χ4n) is 2.84. The van der Waals surface area contributed by atoms with Crippen molar-refractivity contribution in [1.29, 1.82) is 0 Å². The number of morpholine rings is 1. The van der Waals surface area contributed by atoms with E-state index in [9.17, 15) is 9.59 Å². The quantitative estimate of drug-likeness (QED) is 0.725. The summed E-state index contributed by atoms with van der Waals surface area (Å²) in [6, 6.07) is 9.40. The number of H-pyrrole nitrogens is 1. The summed E-state index contributed by atoms with van der Waals surface area (Å²) in [4.78, 5) is 29.5. The number of nitrogens with zero attached hydrogens (tertiary/aromatic N) is 3. The summed E-state index contributed by atoms with van der Waals surface area (Å²) in [6.45, 7) is 3.07. The molecule has 0 atom stereocenters. The van der Waals surface area contributed by atoms with Crippen LogP contribution in [0.3, 0.4) is 0 Å². The Balaban J connectivity index is 1.66. The highest BCUT2D eigenvalue weighted by atomic mass is 32.1. The van der Waals surface area contributed by atoms with Gasteiger partial charge in [-0.15, -0.1) is 11.3 Å². The zero-order valence-electron chi connectivity index (χ0n) is 13.7. The van der Waals surface area contributed by atoms with Crippen molar-refractivity contribution in [2.45, 2.75) is 0 Å². The Bertz CT molecular complexity index is 1000. The van der Waals surface area contributed by atoms with Gasteiger partial charge in [0.15, 0.2) is 5.69 Å². The Kier molecular flexibility index (Phi) is 4.31. The Labute approximate surface area is 152 Å². The number of carboxylic acid groups (broad SMARTS) is 1. The van der Waals surface area contributed by atoms with Gasteiger partial charge in [-0.2, -0.15) is 4.68 Å². The first kappa shape index (κ1) is 16.6. The second-order valence-electron chi connectivity index (χ2n) is 5.81. The zero-order valence-corrected chi connectivity index (χ0v) is 14.5. The third kappa shape index (κ3) is 3.14. The standard InChI is InChI=1S/C17H16N4O4S/c22-15-9-13(19-21(15)17-18-14(10-26-17)16(23)24)11-2-1-3-12(8-11)20-4-6-25-7-5-20/h1-3,8-10,19H,4-7H2,(H,23,24). The molecule has 8 nitrogen and oxygen atoms in total. The number of carboxylic acids is 1. The second-order valence-corrected chi connectivity index (χ2v) is 6.65. The number of aromatic amines is 1. The first-order valence-electron chi connectivity index (χ1n) is 8.06. The van der Waals surface area contributed by atoms with E-state index in [1.165, 1.54) is 16.1 Å². The summed E-state index contributed by atoms with van der Waals surface area (Å²) in [5.41, 5.74) is 2.23. The van der Waals surface area contributed by atoms with Gasteiger partial charge in [0.2, 0.25) is 5.13 Å². The van der Waals surface area contributed by atoms with Crippen LogP contribution in [0.2, 0.25) is 0 Å². The molecule has 1 fully saturated rings. The molecular weight excluding hydrogens is 356 g/mol. The molecule has 26 heavy (non-hydrogen) atoms. The number of rotatable bonds is 4. The third-order valence-electron chi connectivity index (χ3n) is 4.16. The average Bonchev–Trinajstić information content (AvgIpc) is 3.29. The average molecular weight is 372 g/mol. The molecule has 0 aliphatic carbocycles. The molecular formula is C17H16N4O4S. The molecule has 0 bridgehead atoms. The van der Waals surface area contributed by atoms with Crippen molar-refractivity contribution in [3.63, 3.8) is 0 Å². The van der Waals surface area contributed by atoms with Gasteiger partial charge >= 0.3 is 5.97 Å². The molecule has 0 radical (unpaired) electrons. The van der Waals surface area contributed by atoms with Crippen LogP contribution >= 0.6 is 11.3 Å². The van der Waals surface area contributed by atoms with Crippen molar-refractivity contribution in [3.05, 3.63) is 51.8 Å². The predicted octanol–water partition coefficient (Wildman–Crippen LogP) is 1.82. The van der Waals surface area contributed by atoms with Crippen LogP contribution < -0.4 is 10.5 Å². The predicted molar refractivity (Wildman–Crippen MR) is 97.5 cm³/mol. The van der Waals surface area contributed by atoms with Gasteiger partial charge in [-0.3, -0.25) is 9.89 Å².